The van der Waals surface area contributed by atoms with E-state index in [4.69, 9.17) is 9.47 Å². The first-order valence-corrected chi connectivity index (χ1v) is 7.11. The van der Waals surface area contributed by atoms with E-state index in [0.29, 0.717) is 19.0 Å². The van der Waals surface area contributed by atoms with Crippen LogP contribution in [-0.2, 0) is 31.4 Å². The van der Waals surface area contributed by atoms with Gasteiger partial charge >= 0.3 is 0 Å². The number of aromatic nitrogens is 4. The Balaban J connectivity index is 2.09. The number of nitrogens with zero attached hydrogens (tertiary/aromatic N) is 4. The molecular weight excluding hydrogens is 278 g/mol. The summed E-state index contributed by atoms with van der Waals surface area (Å²) in [4.78, 5) is 4.34. The Morgan fingerprint density at radius 3 is 2.80 bits per heavy atom. The molecule has 0 saturated carbocycles. The minimum absolute atomic E-state index is 0.425. The van der Waals surface area contributed by atoms with Crippen molar-refractivity contribution in [1.82, 2.24) is 19.1 Å². The van der Waals surface area contributed by atoms with E-state index in [1.165, 1.54) is 11.5 Å². The first-order chi connectivity index (χ1) is 9.69. The number of ether oxygens (including phenoxy) is 2. The van der Waals surface area contributed by atoms with Crippen molar-refractivity contribution < 1.29 is 9.47 Å². The second-order valence-corrected chi connectivity index (χ2v) is 4.97. The number of rotatable bonds is 7. The van der Waals surface area contributed by atoms with Gasteiger partial charge in [0.05, 0.1) is 18.4 Å². The molecule has 0 aliphatic carbocycles. The highest BCUT2D eigenvalue weighted by molar-refractivity contribution is 7.09. The van der Waals surface area contributed by atoms with Crippen LogP contribution in [0.15, 0.2) is 0 Å². The largest absolute Gasteiger partial charge is 0.481 e. The third kappa shape index (κ3) is 3.07. The van der Waals surface area contributed by atoms with Crippen LogP contribution in [0.4, 0.5) is 5.13 Å². The Hall–Kier alpha value is -1.67. The van der Waals surface area contributed by atoms with E-state index < -0.39 is 0 Å². The average Bonchev–Trinajstić information content (AvgIpc) is 3.00. The summed E-state index contributed by atoms with van der Waals surface area (Å²) in [6.07, 6.45) is 0.860. The first-order valence-electron chi connectivity index (χ1n) is 6.33. The molecule has 0 aromatic carbocycles. The average molecular weight is 297 g/mol. The van der Waals surface area contributed by atoms with Gasteiger partial charge < -0.3 is 14.8 Å². The highest BCUT2D eigenvalue weighted by Crippen LogP contribution is 2.23. The van der Waals surface area contributed by atoms with Gasteiger partial charge in [0, 0.05) is 32.2 Å². The van der Waals surface area contributed by atoms with Crippen molar-refractivity contribution in [3.05, 3.63) is 17.1 Å². The van der Waals surface area contributed by atoms with Crippen LogP contribution in [0.5, 0.6) is 5.88 Å². The molecule has 2 aromatic rings. The van der Waals surface area contributed by atoms with Gasteiger partial charge in [0.1, 0.15) is 6.61 Å². The normalized spacial score (nSPS) is 10.8. The molecule has 2 aromatic heterocycles. The van der Waals surface area contributed by atoms with Crippen molar-refractivity contribution >= 4 is 16.7 Å². The van der Waals surface area contributed by atoms with Gasteiger partial charge in [0.25, 0.3) is 0 Å². The van der Waals surface area contributed by atoms with Gasteiger partial charge in [-0.3, -0.25) is 0 Å². The van der Waals surface area contributed by atoms with E-state index in [2.05, 4.69) is 26.7 Å². The molecule has 0 bridgehead atoms. The number of hydrogen-bond acceptors (Lipinski definition) is 7. The van der Waals surface area contributed by atoms with E-state index in [1.54, 1.807) is 18.9 Å². The Kier molecular flexibility index (Phi) is 4.91. The number of nitrogens with one attached hydrogen (secondary N) is 1. The molecule has 8 heteroatoms. The second-order valence-electron chi connectivity index (χ2n) is 4.21. The minimum Gasteiger partial charge on any atom is -0.481 e. The van der Waals surface area contributed by atoms with Crippen LogP contribution in [0.3, 0.4) is 0 Å². The molecule has 2 rings (SSSR count). The van der Waals surface area contributed by atoms with Crippen LogP contribution in [0, 0.1) is 0 Å². The second kappa shape index (κ2) is 6.67. The summed E-state index contributed by atoms with van der Waals surface area (Å²) in [5.74, 6) is 1.46. The van der Waals surface area contributed by atoms with Crippen molar-refractivity contribution in [2.24, 2.45) is 7.05 Å². The molecule has 20 heavy (non-hydrogen) atoms. The van der Waals surface area contributed by atoms with Crippen molar-refractivity contribution in [3.63, 3.8) is 0 Å². The van der Waals surface area contributed by atoms with Crippen LogP contribution in [-0.4, -0.2) is 33.4 Å². The summed E-state index contributed by atoms with van der Waals surface area (Å²) < 4.78 is 16.4. The number of aryl methyl sites for hydroxylation is 2. The van der Waals surface area contributed by atoms with Gasteiger partial charge in [-0.2, -0.15) is 9.47 Å². The molecular formula is C12H19N5O2S. The highest BCUT2D eigenvalue weighted by atomic mass is 32.1. The molecule has 0 aliphatic heterocycles. The maximum absolute atomic E-state index is 5.40. The topological polar surface area (TPSA) is 74.1 Å². The molecule has 0 amide bonds. The van der Waals surface area contributed by atoms with Crippen LogP contribution in [0.25, 0.3) is 0 Å². The zero-order chi connectivity index (χ0) is 14.5. The predicted octanol–water partition coefficient (Wildman–Crippen LogP) is 1.60. The molecule has 0 fully saturated rings. The molecule has 7 nitrogen and oxygen atoms in total. The number of hydrogen-bond donors (Lipinski definition) is 1. The lowest BCUT2D eigenvalue weighted by Gasteiger charge is -2.05. The van der Waals surface area contributed by atoms with Gasteiger partial charge in [0.15, 0.2) is 5.82 Å². The van der Waals surface area contributed by atoms with Crippen LogP contribution < -0.4 is 10.1 Å². The molecule has 2 heterocycles. The minimum atomic E-state index is 0.425. The third-order valence-electron chi connectivity index (χ3n) is 2.86. The third-order valence-corrected chi connectivity index (χ3v) is 3.57. The summed E-state index contributed by atoms with van der Waals surface area (Å²) in [6.45, 7) is 3.11. The SMILES string of the molecule is CCc1nn(C)c(OC)c1CNc1nc(COC)ns1. The number of anilines is 1. The van der Waals surface area contributed by atoms with Gasteiger partial charge in [-0.15, -0.1) is 0 Å². The Labute approximate surface area is 122 Å². The summed E-state index contributed by atoms with van der Waals surface area (Å²) in [5.41, 5.74) is 2.08. The molecule has 0 unspecified atom stereocenters. The fraction of sp³-hybridized carbons (Fsp3) is 0.583. The maximum atomic E-state index is 5.40. The lowest BCUT2D eigenvalue weighted by Crippen LogP contribution is -2.03. The van der Waals surface area contributed by atoms with Crippen LogP contribution in [0.1, 0.15) is 24.0 Å². The van der Waals surface area contributed by atoms with Gasteiger partial charge in [-0.05, 0) is 6.42 Å². The van der Waals surface area contributed by atoms with Crippen molar-refractivity contribution in [1.29, 1.82) is 0 Å². The van der Waals surface area contributed by atoms with E-state index >= 15 is 0 Å². The van der Waals surface area contributed by atoms with E-state index in [-0.39, 0.29) is 0 Å². The molecule has 0 atom stereocenters. The van der Waals surface area contributed by atoms with E-state index in [0.717, 1.165) is 28.7 Å². The van der Waals surface area contributed by atoms with Crippen molar-refractivity contribution in [2.75, 3.05) is 19.5 Å². The molecule has 0 spiro atoms. The first kappa shape index (κ1) is 14.7. The van der Waals surface area contributed by atoms with Crippen LogP contribution >= 0.6 is 11.5 Å². The maximum Gasteiger partial charge on any atom is 0.216 e. The summed E-state index contributed by atoms with van der Waals surface area (Å²) in [7, 11) is 5.16. The molecule has 110 valence electrons. The summed E-state index contributed by atoms with van der Waals surface area (Å²) in [5, 5.41) is 8.47. The zero-order valence-corrected chi connectivity index (χ0v) is 13.0. The Morgan fingerprint density at radius 2 is 2.15 bits per heavy atom. The molecule has 0 aliphatic rings. The lowest BCUT2D eigenvalue weighted by atomic mass is 10.2. The highest BCUT2D eigenvalue weighted by Gasteiger charge is 2.16. The molecule has 1 N–H and O–H groups in total. The van der Waals surface area contributed by atoms with Crippen molar-refractivity contribution in [3.8, 4) is 5.88 Å². The summed E-state index contributed by atoms with van der Waals surface area (Å²) >= 11 is 1.32. The van der Waals surface area contributed by atoms with Gasteiger partial charge in [-0.25, -0.2) is 9.67 Å². The smallest absolute Gasteiger partial charge is 0.216 e. The van der Waals surface area contributed by atoms with Crippen LogP contribution in [0.2, 0.25) is 0 Å². The monoisotopic (exact) mass is 297 g/mol. The van der Waals surface area contributed by atoms with Crippen molar-refractivity contribution in [2.45, 2.75) is 26.5 Å². The Bertz CT molecular complexity index is 566. The quantitative estimate of drug-likeness (QED) is 0.837. The van der Waals surface area contributed by atoms with E-state index in [9.17, 15) is 0 Å². The zero-order valence-electron chi connectivity index (χ0n) is 12.1. The van der Waals surface area contributed by atoms with Gasteiger partial charge in [-0.1, -0.05) is 6.92 Å². The molecule has 0 radical (unpaired) electrons. The lowest BCUT2D eigenvalue weighted by molar-refractivity contribution is 0.179. The predicted molar refractivity (Wildman–Crippen MR) is 77.1 cm³/mol. The molecule has 0 saturated heterocycles. The van der Waals surface area contributed by atoms with E-state index in [1.807, 2.05) is 7.05 Å². The number of methoxy groups -OCH3 is 2. The Morgan fingerprint density at radius 1 is 1.35 bits per heavy atom. The summed E-state index contributed by atoms with van der Waals surface area (Å²) in [6, 6.07) is 0. The standard InChI is InChI=1S/C12H19N5O2S/c1-5-9-8(11(19-4)17(2)15-9)6-13-12-14-10(7-18-3)16-20-12/h5-7H2,1-4H3,(H,13,14,16). The fourth-order valence-corrected chi connectivity index (χ4v) is 2.57. The van der Waals surface area contributed by atoms with Gasteiger partial charge in [0.2, 0.25) is 11.0 Å². The fourth-order valence-electron chi connectivity index (χ4n) is 2.00.